The van der Waals surface area contributed by atoms with Gasteiger partial charge < -0.3 is 0 Å². The Labute approximate surface area is 160 Å². The molecule has 4 rings (SSSR count). The first-order valence-corrected chi connectivity index (χ1v) is 10.7. The van der Waals surface area contributed by atoms with Gasteiger partial charge in [-0.1, -0.05) is 30.8 Å². The van der Waals surface area contributed by atoms with Crippen molar-refractivity contribution in [1.82, 2.24) is 9.55 Å². The van der Waals surface area contributed by atoms with Crippen molar-refractivity contribution in [1.29, 1.82) is 0 Å². The zero-order chi connectivity index (χ0) is 18.3. The van der Waals surface area contributed by atoms with Crippen LogP contribution in [0.15, 0.2) is 34.2 Å². The molecule has 1 aliphatic carbocycles. The largest absolute Gasteiger partial charge is 0.287 e. The number of hydrogen-bond acceptors (Lipinski definition) is 4. The topological polar surface area (TPSA) is 34.9 Å². The molecule has 1 aliphatic rings. The van der Waals surface area contributed by atoms with Crippen LogP contribution < -0.4 is 5.56 Å². The van der Waals surface area contributed by atoms with Gasteiger partial charge in [-0.05, 0) is 55.9 Å². The number of aryl methyl sites for hydroxylation is 2. The molecule has 3 nitrogen and oxygen atoms in total. The average molecular weight is 389 g/mol. The molecule has 0 saturated heterocycles. The van der Waals surface area contributed by atoms with Crippen LogP contribution in [0.2, 0.25) is 0 Å². The molecule has 3 aromatic rings. The monoisotopic (exact) mass is 388 g/mol. The van der Waals surface area contributed by atoms with Crippen LogP contribution in [-0.4, -0.2) is 9.55 Å². The second-order valence-corrected chi connectivity index (χ2v) is 9.09. The fourth-order valence-corrected chi connectivity index (χ4v) is 5.89. The molecule has 0 unspecified atom stereocenters. The van der Waals surface area contributed by atoms with E-state index in [-0.39, 0.29) is 16.6 Å². The van der Waals surface area contributed by atoms with Crippen molar-refractivity contribution in [2.24, 2.45) is 0 Å². The van der Waals surface area contributed by atoms with E-state index in [2.05, 4.69) is 13.8 Å². The molecule has 26 heavy (non-hydrogen) atoms. The minimum atomic E-state index is -0.235. The number of thiophene rings is 1. The minimum absolute atomic E-state index is 0.0925. The molecule has 0 N–H and O–H groups in total. The summed E-state index contributed by atoms with van der Waals surface area (Å²) >= 11 is 3.25. The van der Waals surface area contributed by atoms with E-state index < -0.39 is 0 Å². The molecule has 0 saturated carbocycles. The van der Waals surface area contributed by atoms with E-state index in [1.807, 2.05) is 4.57 Å². The van der Waals surface area contributed by atoms with Gasteiger partial charge in [0, 0.05) is 16.7 Å². The summed E-state index contributed by atoms with van der Waals surface area (Å²) < 4.78 is 15.0. The molecule has 0 fully saturated rings. The first-order chi connectivity index (χ1) is 12.6. The van der Waals surface area contributed by atoms with E-state index >= 15 is 0 Å². The Bertz CT molecular complexity index is 1010. The third-order valence-corrected chi connectivity index (χ3v) is 7.19. The molecule has 0 radical (unpaired) electrons. The number of rotatable bonds is 5. The Balaban J connectivity index is 1.77. The van der Waals surface area contributed by atoms with Gasteiger partial charge in [-0.25, -0.2) is 9.37 Å². The summed E-state index contributed by atoms with van der Waals surface area (Å²) in [5, 5.41) is 1.70. The number of nitrogens with zero attached hydrogens (tertiary/aromatic N) is 2. The molecule has 136 valence electrons. The maximum absolute atomic E-state index is 13.2. The molecule has 0 aliphatic heterocycles. The van der Waals surface area contributed by atoms with Gasteiger partial charge in [-0.15, -0.1) is 11.3 Å². The predicted molar refractivity (Wildman–Crippen MR) is 107 cm³/mol. The summed E-state index contributed by atoms with van der Waals surface area (Å²) in [7, 11) is 0. The molecular weight excluding hydrogens is 367 g/mol. The highest BCUT2D eigenvalue weighted by molar-refractivity contribution is 7.99. The SMILES string of the molecule is CCCn1c(S[C@H](C)c2ccc(F)cc2)nc2sc3c(c2c1=O)CCC3. The predicted octanol–water partition coefficient (Wildman–Crippen LogP) is 5.35. The van der Waals surface area contributed by atoms with Crippen molar-refractivity contribution in [3.8, 4) is 0 Å². The van der Waals surface area contributed by atoms with E-state index in [4.69, 9.17) is 4.98 Å². The van der Waals surface area contributed by atoms with E-state index in [9.17, 15) is 9.18 Å². The summed E-state index contributed by atoms with van der Waals surface area (Å²) in [6.07, 6.45) is 4.09. The number of hydrogen-bond donors (Lipinski definition) is 0. The molecule has 1 atom stereocenters. The highest BCUT2D eigenvalue weighted by Crippen LogP contribution is 2.38. The number of aromatic nitrogens is 2. The van der Waals surface area contributed by atoms with Crippen molar-refractivity contribution >= 4 is 33.3 Å². The van der Waals surface area contributed by atoms with Gasteiger partial charge in [0.2, 0.25) is 0 Å². The molecule has 0 amide bonds. The van der Waals surface area contributed by atoms with Gasteiger partial charge in [0.25, 0.3) is 5.56 Å². The van der Waals surface area contributed by atoms with Gasteiger partial charge in [-0.3, -0.25) is 9.36 Å². The lowest BCUT2D eigenvalue weighted by molar-refractivity contribution is 0.584. The maximum Gasteiger partial charge on any atom is 0.263 e. The molecule has 0 bridgehead atoms. The maximum atomic E-state index is 13.2. The van der Waals surface area contributed by atoms with E-state index in [1.165, 1.54) is 22.6 Å². The summed E-state index contributed by atoms with van der Waals surface area (Å²) in [6, 6.07) is 6.55. The van der Waals surface area contributed by atoms with E-state index in [0.29, 0.717) is 6.54 Å². The number of halogens is 1. The summed E-state index contributed by atoms with van der Waals surface area (Å²) in [5.41, 5.74) is 2.36. The Morgan fingerprint density at radius 1 is 1.31 bits per heavy atom. The van der Waals surface area contributed by atoms with Crippen LogP contribution in [0.5, 0.6) is 0 Å². The fraction of sp³-hybridized carbons (Fsp3) is 0.400. The zero-order valence-electron chi connectivity index (χ0n) is 14.9. The Hall–Kier alpha value is -1.66. The third kappa shape index (κ3) is 3.09. The lowest BCUT2D eigenvalue weighted by atomic mass is 10.2. The normalized spacial score (nSPS) is 14.7. The van der Waals surface area contributed by atoms with Crippen LogP contribution in [0, 0.1) is 5.82 Å². The van der Waals surface area contributed by atoms with Crippen LogP contribution >= 0.6 is 23.1 Å². The summed E-state index contributed by atoms with van der Waals surface area (Å²) in [4.78, 5) is 20.3. The molecule has 6 heteroatoms. The Kier molecular flexibility index (Phi) is 4.88. The van der Waals surface area contributed by atoms with Crippen molar-refractivity contribution in [2.75, 3.05) is 0 Å². The minimum Gasteiger partial charge on any atom is -0.287 e. The van der Waals surface area contributed by atoms with E-state index in [1.54, 1.807) is 35.2 Å². The van der Waals surface area contributed by atoms with Gasteiger partial charge in [0.15, 0.2) is 5.16 Å². The Morgan fingerprint density at radius 2 is 2.08 bits per heavy atom. The van der Waals surface area contributed by atoms with Crippen LogP contribution in [0.25, 0.3) is 10.2 Å². The summed E-state index contributed by atoms with van der Waals surface area (Å²) in [5.74, 6) is -0.235. The molecule has 2 aromatic heterocycles. The van der Waals surface area contributed by atoms with Gasteiger partial charge in [-0.2, -0.15) is 0 Å². The van der Waals surface area contributed by atoms with Gasteiger partial charge in [0.05, 0.1) is 5.39 Å². The standard InChI is InChI=1S/C20H21FN2OS2/c1-3-11-23-19(24)17-15-5-4-6-16(15)26-18(17)22-20(23)25-12(2)13-7-9-14(21)10-8-13/h7-10,12H,3-6,11H2,1-2H3/t12-/m1/s1. The van der Waals surface area contributed by atoms with Crippen molar-refractivity contribution in [2.45, 2.75) is 56.5 Å². The van der Waals surface area contributed by atoms with Crippen molar-refractivity contribution in [3.05, 3.63) is 56.4 Å². The number of benzene rings is 1. The lowest BCUT2D eigenvalue weighted by Crippen LogP contribution is -2.23. The van der Waals surface area contributed by atoms with Crippen LogP contribution in [0.3, 0.4) is 0 Å². The smallest absolute Gasteiger partial charge is 0.263 e. The highest BCUT2D eigenvalue weighted by Gasteiger charge is 2.24. The fourth-order valence-electron chi connectivity index (χ4n) is 3.53. The van der Waals surface area contributed by atoms with Crippen LogP contribution in [-0.2, 0) is 19.4 Å². The first kappa shape index (κ1) is 17.7. The van der Waals surface area contributed by atoms with Crippen molar-refractivity contribution in [3.63, 3.8) is 0 Å². The quantitative estimate of drug-likeness (QED) is 0.437. The summed E-state index contributed by atoms with van der Waals surface area (Å²) in [6.45, 7) is 4.82. The van der Waals surface area contributed by atoms with Gasteiger partial charge in [0.1, 0.15) is 10.6 Å². The zero-order valence-corrected chi connectivity index (χ0v) is 16.6. The Morgan fingerprint density at radius 3 is 2.81 bits per heavy atom. The molecule has 0 spiro atoms. The molecule has 2 heterocycles. The number of thioether (sulfide) groups is 1. The third-order valence-electron chi connectivity index (χ3n) is 4.86. The van der Waals surface area contributed by atoms with Crippen LogP contribution in [0.1, 0.15) is 47.9 Å². The second kappa shape index (κ2) is 7.16. The van der Waals surface area contributed by atoms with E-state index in [0.717, 1.165) is 46.6 Å². The average Bonchev–Trinajstić information content (AvgIpc) is 3.19. The van der Waals surface area contributed by atoms with Crippen molar-refractivity contribution < 1.29 is 4.39 Å². The molecular formula is C20H21FN2OS2. The van der Waals surface area contributed by atoms with Gasteiger partial charge >= 0.3 is 0 Å². The number of fused-ring (bicyclic) bond motifs is 3. The first-order valence-electron chi connectivity index (χ1n) is 9.05. The lowest BCUT2D eigenvalue weighted by Gasteiger charge is -2.15. The second-order valence-electron chi connectivity index (χ2n) is 6.70. The highest BCUT2D eigenvalue weighted by atomic mass is 32.2. The van der Waals surface area contributed by atoms with Crippen LogP contribution in [0.4, 0.5) is 4.39 Å². The molecule has 1 aromatic carbocycles.